The first kappa shape index (κ1) is 16.4. The molecule has 0 aliphatic carbocycles. The molecule has 0 radical (unpaired) electrons. The first-order valence-electron chi connectivity index (χ1n) is 8.76. The monoisotopic (exact) mass is 349 g/mol. The van der Waals surface area contributed by atoms with Gasteiger partial charge in [0.25, 0.3) is 0 Å². The van der Waals surface area contributed by atoms with Crippen molar-refractivity contribution in [3.8, 4) is 0 Å². The molecule has 0 amide bonds. The Kier molecular flexibility index (Phi) is 4.90. The zero-order valence-corrected chi connectivity index (χ0v) is 15.3. The van der Waals surface area contributed by atoms with Crippen molar-refractivity contribution < 1.29 is 0 Å². The Balaban J connectivity index is 1.40. The van der Waals surface area contributed by atoms with Gasteiger partial charge >= 0.3 is 0 Å². The molecule has 2 aromatic carbocycles. The Hall–Kier alpha value is -2.04. The molecule has 128 valence electrons. The van der Waals surface area contributed by atoms with Crippen LogP contribution in [0.15, 0.2) is 65.8 Å². The van der Waals surface area contributed by atoms with Crippen LogP contribution >= 0.6 is 11.8 Å². The number of likely N-dealkylation sites (tertiary alicyclic amines) is 1. The molecule has 0 spiro atoms. The average molecular weight is 350 g/mol. The van der Waals surface area contributed by atoms with Crippen LogP contribution in [-0.2, 0) is 6.54 Å². The smallest absolute Gasteiger partial charge is 0.0423 e. The molecule has 4 heteroatoms. The summed E-state index contributed by atoms with van der Waals surface area (Å²) in [5, 5.41) is 6.19. The average Bonchev–Trinajstić information content (AvgIpc) is 3.09. The van der Waals surface area contributed by atoms with Crippen LogP contribution in [0.1, 0.15) is 12.0 Å². The lowest BCUT2D eigenvalue weighted by Gasteiger charge is -2.18. The number of thioether (sulfide) groups is 1. The molecule has 1 aliphatic rings. The number of hydrogen-bond acceptors (Lipinski definition) is 4. The summed E-state index contributed by atoms with van der Waals surface area (Å²) in [4.78, 5) is 8.09. The fourth-order valence-electron chi connectivity index (χ4n) is 3.55. The van der Waals surface area contributed by atoms with Crippen LogP contribution in [0.2, 0.25) is 0 Å². The van der Waals surface area contributed by atoms with Crippen molar-refractivity contribution in [1.29, 1.82) is 0 Å². The number of benzene rings is 2. The van der Waals surface area contributed by atoms with Crippen molar-refractivity contribution in [1.82, 2.24) is 9.88 Å². The van der Waals surface area contributed by atoms with Crippen LogP contribution in [0, 0.1) is 0 Å². The van der Waals surface area contributed by atoms with E-state index in [4.69, 9.17) is 0 Å². The Morgan fingerprint density at radius 2 is 2.04 bits per heavy atom. The number of pyridine rings is 1. The summed E-state index contributed by atoms with van der Waals surface area (Å²) >= 11 is 1.79. The summed E-state index contributed by atoms with van der Waals surface area (Å²) in [6, 6.07) is 17.9. The molecule has 0 saturated carbocycles. The summed E-state index contributed by atoms with van der Waals surface area (Å²) in [5.74, 6) is 0. The normalized spacial score (nSPS) is 17.9. The maximum absolute atomic E-state index is 4.22. The lowest BCUT2D eigenvalue weighted by molar-refractivity contribution is 0.328. The first-order valence-corrected chi connectivity index (χ1v) is 9.99. The van der Waals surface area contributed by atoms with Gasteiger partial charge in [-0.2, -0.15) is 0 Å². The molecule has 3 aromatic rings. The summed E-state index contributed by atoms with van der Waals surface area (Å²) in [5.41, 5.74) is 2.62. The zero-order valence-electron chi connectivity index (χ0n) is 14.5. The predicted octanol–water partition coefficient (Wildman–Crippen LogP) is 4.64. The Labute approximate surface area is 153 Å². The fourth-order valence-corrected chi connectivity index (χ4v) is 3.96. The number of nitrogens with one attached hydrogen (secondary N) is 1. The third kappa shape index (κ3) is 3.80. The Morgan fingerprint density at radius 3 is 2.88 bits per heavy atom. The number of hydrogen-bond donors (Lipinski definition) is 1. The first-order chi connectivity index (χ1) is 12.3. The SMILES string of the molecule is CSc1ccc(CN2CC[C@H](Nc3cccc4cnccc34)C2)cc1. The van der Waals surface area contributed by atoms with Gasteiger partial charge in [0.05, 0.1) is 0 Å². The second-order valence-electron chi connectivity index (χ2n) is 6.62. The van der Waals surface area contributed by atoms with E-state index in [1.54, 1.807) is 11.8 Å². The van der Waals surface area contributed by atoms with E-state index in [0.29, 0.717) is 6.04 Å². The summed E-state index contributed by atoms with van der Waals surface area (Å²) in [7, 11) is 0. The summed E-state index contributed by atoms with van der Waals surface area (Å²) < 4.78 is 0. The van der Waals surface area contributed by atoms with Crippen LogP contribution in [0.3, 0.4) is 0 Å². The molecule has 1 aromatic heterocycles. The van der Waals surface area contributed by atoms with Gasteiger partial charge in [0.15, 0.2) is 0 Å². The van der Waals surface area contributed by atoms with Gasteiger partial charge in [-0.05, 0) is 42.5 Å². The van der Waals surface area contributed by atoms with E-state index in [9.17, 15) is 0 Å². The van der Waals surface area contributed by atoms with Gasteiger partial charge in [0.2, 0.25) is 0 Å². The summed E-state index contributed by atoms with van der Waals surface area (Å²) in [6.07, 6.45) is 7.10. The zero-order chi connectivity index (χ0) is 17.1. The van der Waals surface area contributed by atoms with Crippen molar-refractivity contribution in [2.24, 2.45) is 0 Å². The van der Waals surface area contributed by atoms with Gasteiger partial charge in [0.1, 0.15) is 0 Å². The van der Waals surface area contributed by atoms with Crippen molar-refractivity contribution in [3.05, 3.63) is 66.5 Å². The van der Waals surface area contributed by atoms with Crippen LogP contribution in [0.25, 0.3) is 10.8 Å². The fraction of sp³-hybridized carbons (Fsp3) is 0.286. The van der Waals surface area contributed by atoms with Crippen LogP contribution in [-0.4, -0.2) is 35.3 Å². The predicted molar refractivity (Wildman–Crippen MR) is 107 cm³/mol. The highest BCUT2D eigenvalue weighted by Gasteiger charge is 2.22. The molecule has 1 fully saturated rings. The van der Waals surface area contributed by atoms with E-state index >= 15 is 0 Å². The van der Waals surface area contributed by atoms with Gasteiger partial charge in [0, 0.05) is 59.4 Å². The van der Waals surface area contributed by atoms with Crippen LogP contribution in [0.5, 0.6) is 0 Å². The molecule has 3 nitrogen and oxygen atoms in total. The highest BCUT2D eigenvalue weighted by atomic mass is 32.2. The third-order valence-electron chi connectivity index (χ3n) is 4.88. The van der Waals surface area contributed by atoms with Gasteiger partial charge in [-0.1, -0.05) is 24.3 Å². The molecule has 0 unspecified atom stereocenters. The lowest BCUT2D eigenvalue weighted by atomic mass is 10.1. The van der Waals surface area contributed by atoms with Crippen molar-refractivity contribution >= 4 is 28.2 Å². The largest absolute Gasteiger partial charge is 0.380 e. The maximum atomic E-state index is 4.22. The van der Waals surface area contributed by atoms with Gasteiger partial charge in [-0.3, -0.25) is 9.88 Å². The molecular formula is C21H23N3S. The highest BCUT2D eigenvalue weighted by Crippen LogP contribution is 2.25. The molecular weight excluding hydrogens is 326 g/mol. The van der Waals surface area contributed by atoms with Crippen molar-refractivity contribution in [2.75, 3.05) is 24.7 Å². The third-order valence-corrected chi connectivity index (χ3v) is 5.62. The number of aromatic nitrogens is 1. The second-order valence-corrected chi connectivity index (χ2v) is 7.50. The molecule has 2 heterocycles. The molecule has 25 heavy (non-hydrogen) atoms. The minimum absolute atomic E-state index is 0.504. The quantitative estimate of drug-likeness (QED) is 0.679. The number of fused-ring (bicyclic) bond motifs is 1. The van der Waals surface area contributed by atoms with Gasteiger partial charge in [-0.15, -0.1) is 11.8 Å². The number of rotatable bonds is 5. The van der Waals surface area contributed by atoms with E-state index in [0.717, 1.165) is 19.6 Å². The lowest BCUT2D eigenvalue weighted by Crippen LogP contribution is -2.26. The number of anilines is 1. The molecule has 1 saturated heterocycles. The summed E-state index contributed by atoms with van der Waals surface area (Å²) in [6.45, 7) is 3.27. The van der Waals surface area contributed by atoms with Crippen LogP contribution < -0.4 is 5.32 Å². The molecule has 0 bridgehead atoms. The second kappa shape index (κ2) is 7.46. The minimum Gasteiger partial charge on any atom is -0.380 e. The Bertz CT molecular complexity index is 842. The maximum Gasteiger partial charge on any atom is 0.0423 e. The van der Waals surface area contributed by atoms with E-state index in [-0.39, 0.29) is 0 Å². The molecule has 1 atom stereocenters. The minimum atomic E-state index is 0.504. The van der Waals surface area contributed by atoms with Gasteiger partial charge < -0.3 is 5.32 Å². The molecule has 1 aliphatic heterocycles. The molecule has 1 N–H and O–H groups in total. The molecule has 4 rings (SSSR count). The number of nitrogens with zero attached hydrogens (tertiary/aromatic N) is 2. The Morgan fingerprint density at radius 1 is 1.16 bits per heavy atom. The van der Waals surface area contributed by atoms with Gasteiger partial charge in [-0.25, -0.2) is 0 Å². The van der Waals surface area contributed by atoms with E-state index in [2.05, 4.69) is 70.0 Å². The van der Waals surface area contributed by atoms with E-state index in [1.165, 1.54) is 33.3 Å². The van der Waals surface area contributed by atoms with E-state index in [1.807, 2.05) is 12.4 Å². The van der Waals surface area contributed by atoms with Crippen molar-refractivity contribution in [2.45, 2.75) is 23.9 Å². The van der Waals surface area contributed by atoms with Crippen LogP contribution in [0.4, 0.5) is 5.69 Å². The topological polar surface area (TPSA) is 28.2 Å². The van der Waals surface area contributed by atoms with E-state index < -0.39 is 0 Å². The standard InChI is InChI=1S/C21H23N3S/c1-25-19-7-5-16(6-8-19)14-24-12-10-18(15-24)23-21-4-2-3-17-13-22-11-9-20(17)21/h2-9,11,13,18,23H,10,12,14-15H2,1H3/t18-/m0/s1. The van der Waals surface area contributed by atoms with Crippen molar-refractivity contribution in [3.63, 3.8) is 0 Å². The highest BCUT2D eigenvalue weighted by molar-refractivity contribution is 7.98.